The third-order valence-corrected chi connectivity index (χ3v) is 3.78. The van der Waals surface area contributed by atoms with E-state index in [4.69, 9.17) is 11.6 Å². The number of fused-ring (bicyclic) bond motifs is 1. The number of carbonyl (C=O) groups is 1. The first kappa shape index (κ1) is 14.0. The van der Waals surface area contributed by atoms with Crippen molar-refractivity contribution in [2.75, 3.05) is 5.32 Å². The molecule has 0 radical (unpaired) electrons. The monoisotopic (exact) mass is 361 g/mol. The van der Waals surface area contributed by atoms with Crippen LogP contribution in [0.5, 0.6) is 0 Å². The first-order valence-electron chi connectivity index (χ1n) is 6.11. The highest BCUT2D eigenvalue weighted by Gasteiger charge is 2.13. The Morgan fingerprint density at radius 1 is 1.24 bits per heavy atom. The van der Waals surface area contributed by atoms with Crippen LogP contribution in [-0.2, 0) is 0 Å². The lowest BCUT2D eigenvalue weighted by Crippen LogP contribution is -2.13. The van der Waals surface area contributed by atoms with E-state index in [1.807, 2.05) is 24.3 Å². The Labute approximate surface area is 134 Å². The molecule has 21 heavy (non-hydrogen) atoms. The molecule has 1 amide bonds. The summed E-state index contributed by atoms with van der Waals surface area (Å²) >= 11 is 9.34. The number of anilines is 1. The lowest BCUT2D eigenvalue weighted by Gasteiger charge is -2.09. The first-order chi connectivity index (χ1) is 10.1. The molecular weight excluding hydrogens is 354 g/mol. The molecule has 3 aromatic rings. The third kappa shape index (κ3) is 2.89. The summed E-state index contributed by atoms with van der Waals surface area (Å²) in [5.74, 6) is -0.248. The van der Waals surface area contributed by atoms with Gasteiger partial charge in [-0.25, -0.2) is 4.98 Å². The van der Waals surface area contributed by atoms with Crippen molar-refractivity contribution in [1.29, 1.82) is 0 Å². The fourth-order valence-electron chi connectivity index (χ4n) is 2.00. The molecule has 0 unspecified atom stereocenters. The fourth-order valence-corrected chi connectivity index (χ4v) is 2.55. The van der Waals surface area contributed by atoms with Gasteiger partial charge in [-0.3, -0.25) is 9.78 Å². The van der Waals surface area contributed by atoms with E-state index >= 15 is 0 Å². The summed E-state index contributed by atoms with van der Waals surface area (Å²) in [4.78, 5) is 20.7. The molecule has 0 bridgehead atoms. The summed E-state index contributed by atoms with van der Waals surface area (Å²) in [7, 11) is 0. The van der Waals surface area contributed by atoms with Crippen molar-refractivity contribution in [3.8, 4) is 0 Å². The normalized spacial score (nSPS) is 10.6. The van der Waals surface area contributed by atoms with Gasteiger partial charge in [-0.15, -0.1) is 0 Å². The van der Waals surface area contributed by atoms with Crippen LogP contribution in [0, 0.1) is 0 Å². The number of hydrogen-bond acceptors (Lipinski definition) is 3. The number of rotatable bonds is 2. The minimum atomic E-state index is -0.248. The standard InChI is InChI=1S/C15H9BrClN3O/c16-11-8-18-6-5-13(11)20-15(21)10-7-14(17)19-12-4-2-1-3-9(10)12/h1-8H,(H,18,20,21). The van der Waals surface area contributed by atoms with Crippen LogP contribution in [-0.4, -0.2) is 15.9 Å². The highest BCUT2D eigenvalue weighted by molar-refractivity contribution is 9.10. The number of nitrogens with one attached hydrogen (secondary N) is 1. The van der Waals surface area contributed by atoms with Crippen LogP contribution in [0.3, 0.4) is 0 Å². The van der Waals surface area contributed by atoms with Gasteiger partial charge in [0.2, 0.25) is 0 Å². The molecule has 1 aromatic carbocycles. The second kappa shape index (κ2) is 5.79. The van der Waals surface area contributed by atoms with Crippen molar-refractivity contribution in [2.24, 2.45) is 0 Å². The quantitative estimate of drug-likeness (QED) is 0.692. The van der Waals surface area contributed by atoms with Gasteiger partial charge in [0.25, 0.3) is 5.91 Å². The highest BCUT2D eigenvalue weighted by Crippen LogP contribution is 2.24. The molecule has 0 aliphatic rings. The number of nitrogens with zero attached hydrogens (tertiary/aromatic N) is 2. The number of carbonyl (C=O) groups excluding carboxylic acids is 1. The molecule has 104 valence electrons. The van der Waals surface area contributed by atoms with Gasteiger partial charge in [-0.05, 0) is 34.1 Å². The van der Waals surface area contributed by atoms with Gasteiger partial charge >= 0.3 is 0 Å². The maximum absolute atomic E-state index is 12.5. The van der Waals surface area contributed by atoms with Crippen LogP contribution < -0.4 is 5.32 Å². The summed E-state index contributed by atoms with van der Waals surface area (Å²) in [6.45, 7) is 0. The van der Waals surface area contributed by atoms with Gasteiger partial charge in [-0.2, -0.15) is 0 Å². The molecule has 0 aliphatic carbocycles. The molecule has 0 saturated carbocycles. The predicted molar refractivity (Wildman–Crippen MR) is 86.6 cm³/mol. The Kier molecular flexibility index (Phi) is 3.86. The number of para-hydroxylation sites is 1. The number of halogens is 2. The van der Waals surface area contributed by atoms with Gasteiger partial charge in [0.15, 0.2) is 0 Å². The summed E-state index contributed by atoms with van der Waals surface area (Å²) in [5.41, 5.74) is 1.81. The zero-order chi connectivity index (χ0) is 14.8. The van der Waals surface area contributed by atoms with E-state index in [-0.39, 0.29) is 11.1 Å². The van der Waals surface area contributed by atoms with Gasteiger partial charge < -0.3 is 5.32 Å². The van der Waals surface area contributed by atoms with E-state index in [0.29, 0.717) is 21.2 Å². The SMILES string of the molecule is O=C(Nc1ccncc1Br)c1cc(Cl)nc2ccccc12. The largest absolute Gasteiger partial charge is 0.321 e. The molecule has 1 N–H and O–H groups in total. The number of aromatic nitrogens is 2. The predicted octanol–water partition coefficient (Wildman–Crippen LogP) is 4.30. The molecular formula is C15H9BrClN3O. The summed E-state index contributed by atoms with van der Waals surface area (Å²) in [6, 6.07) is 10.7. The zero-order valence-electron chi connectivity index (χ0n) is 10.7. The maximum atomic E-state index is 12.5. The maximum Gasteiger partial charge on any atom is 0.256 e. The molecule has 0 fully saturated rings. The van der Waals surface area contributed by atoms with Crippen LogP contribution in [0.25, 0.3) is 10.9 Å². The van der Waals surface area contributed by atoms with E-state index in [0.717, 1.165) is 5.39 Å². The minimum absolute atomic E-state index is 0.248. The Hall–Kier alpha value is -1.98. The molecule has 6 heteroatoms. The Morgan fingerprint density at radius 2 is 2.05 bits per heavy atom. The van der Waals surface area contributed by atoms with Crippen molar-refractivity contribution in [2.45, 2.75) is 0 Å². The average Bonchev–Trinajstić information content (AvgIpc) is 2.48. The van der Waals surface area contributed by atoms with E-state index in [1.165, 1.54) is 0 Å². The van der Waals surface area contributed by atoms with Crippen LogP contribution >= 0.6 is 27.5 Å². The van der Waals surface area contributed by atoms with Crippen molar-refractivity contribution in [3.63, 3.8) is 0 Å². The molecule has 0 saturated heterocycles. The molecule has 2 aromatic heterocycles. The Bertz CT molecular complexity index is 838. The van der Waals surface area contributed by atoms with Crippen LogP contribution in [0.15, 0.2) is 53.3 Å². The van der Waals surface area contributed by atoms with Crippen molar-refractivity contribution in [3.05, 3.63) is 64.0 Å². The first-order valence-corrected chi connectivity index (χ1v) is 7.28. The van der Waals surface area contributed by atoms with Crippen LogP contribution in [0.1, 0.15) is 10.4 Å². The smallest absolute Gasteiger partial charge is 0.256 e. The number of hydrogen-bond donors (Lipinski definition) is 1. The molecule has 0 spiro atoms. The van der Waals surface area contributed by atoms with Gasteiger partial charge in [0, 0.05) is 17.8 Å². The van der Waals surface area contributed by atoms with E-state index in [2.05, 4.69) is 31.2 Å². The van der Waals surface area contributed by atoms with Crippen molar-refractivity contribution < 1.29 is 4.79 Å². The number of amides is 1. The second-order valence-electron chi connectivity index (χ2n) is 4.32. The topological polar surface area (TPSA) is 54.9 Å². The van der Waals surface area contributed by atoms with Crippen LogP contribution in [0.4, 0.5) is 5.69 Å². The summed E-state index contributed by atoms with van der Waals surface area (Å²) < 4.78 is 0.711. The Balaban J connectivity index is 2.04. The average molecular weight is 363 g/mol. The van der Waals surface area contributed by atoms with E-state index in [1.54, 1.807) is 24.5 Å². The van der Waals surface area contributed by atoms with Gasteiger partial charge in [0.1, 0.15) is 5.15 Å². The lowest BCUT2D eigenvalue weighted by molar-refractivity contribution is 0.102. The third-order valence-electron chi connectivity index (χ3n) is 2.95. The molecule has 0 atom stereocenters. The van der Waals surface area contributed by atoms with E-state index < -0.39 is 0 Å². The number of pyridine rings is 2. The van der Waals surface area contributed by atoms with Crippen LogP contribution in [0.2, 0.25) is 5.15 Å². The lowest BCUT2D eigenvalue weighted by atomic mass is 10.1. The highest BCUT2D eigenvalue weighted by atomic mass is 79.9. The molecule has 2 heterocycles. The molecule has 3 rings (SSSR count). The number of benzene rings is 1. The minimum Gasteiger partial charge on any atom is -0.321 e. The van der Waals surface area contributed by atoms with Crippen molar-refractivity contribution in [1.82, 2.24) is 9.97 Å². The molecule has 4 nitrogen and oxygen atoms in total. The zero-order valence-corrected chi connectivity index (χ0v) is 13.0. The van der Waals surface area contributed by atoms with Gasteiger partial charge in [0.05, 0.1) is 21.2 Å². The van der Waals surface area contributed by atoms with Gasteiger partial charge in [-0.1, -0.05) is 29.8 Å². The van der Waals surface area contributed by atoms with E-state index in [9.17, 15) is 4.79 Å². The van der Waals surface area contributed by atoms with Crippen molar-refractivity contribution >= 4 is 50.0 Å². The second-order valence-corrected chi connectivity index (χ2v) is 5.56. The summed E-state index contributed by atoms with van der Waals surface area (Å²) in [6.07, 6.45) is 3.23. The summed E-state index contributed by atoms with van der Waals surface area (Å²) in [5, 5.41) is 3.87. The molecule has 0 aliphatic heterocycles. The Morgan fingerprint density at radius 3 is 2.86 bits per heavy atom. The fraction of sp³-hybridized carbons (Fsp3) is 0.